The Morgan fingerprint density at radius 3 is 2.44 bits per heavy atom. The van der Waals surface area contributed by atoms with Crippen LogP contribution in [0.5, 0.6) is 5.75 Å². The summed E-state index contributed by atoms with van der Waals surface area (Å²) in [5, 5.41) is 11.8. The molecule has 162 valence electrons. The van der Waals surface area contributed by atoms with E-state index in [2.05, 4.69) is 17.6 Å². The van der Waals surface area contributed by atoms with E-state index in [4.69, 9.17) is 4.99 Å². The first kappa shape index (κ1) is 20.8. The molecule has 3 aromatic rings. The quantitative estimate of drug-likeness (QED) is 0.436. The van der Waals surface area contributed by atoms with Gasteiger partial charge >= 0.3 is 0 Å². The smallest absolute Gasteiger partial charge is 0.265 e. The maximum absolute atomic E-state index is 13.0. The molecule has 0 saturated carbocycles. The maximum atomic E-state index is 13.0. The third-order valence-electron chi connectivity index (χ3n) is 5.82. The van der Waals surface area contributed by atoms with Gasteiger partial charge in [0.2, 0.25) is 0 Å². The van der Waals surface area contributed by atoms with Crippen molar-refractivity contribution in [3.63, 3.8) is 0 Å². The van der Waals surface area contributed by atoms with E-state index in [1.165, 1.54) is 12.8 Å². The summed E-state index contributed by atoms with van der Waals surface area (Å²) in [5.41, 5.74) is 7.24. The van der Waals surface area contributed by atoms with Crippen LogP contribution in [-0.4, -0.2) is 34.8 Å². The van der Waals surface area contributed by atoms with Gasteiger partial charge in [-0.05, 0) is 61.4 Å². The fraction of sp³-hybridized carbons (Fsp3) is 0.231. The fourth-order valence-electron chi connectivity index (χ4n) is 4.11. The zero-order chi connectivity index (χ0) is 21.9. The number of carbonyl (C=O) groups excluding carboxylic acids is 1. The van der Waals surface area contributed by atoms with E-state index in [1.807, 2.05) is 47.5 Å². The fourth-order valence-corrected chi connectivity index (χ4v) is 5.12. The molecular weight excluding hydrogens is 418 g/mol. The number of hydrogen-bond acceptors (Lipinski definition) is 5. The molecule has 0 spiro atoms. The summed E-state index contributed by atoms with van der Waals surface area (Å²) in [5.74, 6) is 0.126. The molecule has 0 unspecified atom stereocenters. The lowest BCUT2D eigenvalue weighted by Gasteiger charge is -2.21. The molecule has 0 atom stereocenters. The lowest BCUT2D eigenvalue weighted by molar-refractivity contribution is 0.0794. The van der Waals surface area contributed by atoms with E-state index in [1.54, 1.807) is 23.9 Å². The van der Waals surface area contributed by atoms with Gasteiger partial charge in [0.05, 0.1) is 11.4 Å². The summed E-state index contributed by atoms with van der Waals surface area (Å²) in [4.78, 5) is 20.1. The van der Waals surface area contributed by atoms with Gasteiger partial charge in [0.15, 0.2) is 0 Å². The lowest BCUT2D eigenvalue weighted by atomic mass is 10.0. The van der Waals surface area contributed by atoms with E-state index in [-0.39, 0.29) is 11.7 Å². The highest BCUT2D eigenvalue weighted by molar-refractivity contribution is 7.99. The number of carbonyl (C=O) groups is 1. The third-order valence-corrected chi connectivity index (χ3v) is 6.96. The summed E-state index contributed by atoms with van der Waals surface area (Å²) in [6.07, 6.45) is 4.66. The Morgan fingerprint density at radius 2 is 1.66 bits per heavy atom. The summed E-state index contributed by atoms with van der Waals surface area (Å²) in [7, 11) is 0. The van der Waals surface area contributed by atoms with Crippen molar-refractivity contribution in [2.75, 3.05) is 13.1 Å². The zero-order valence-corrected chi connectivity index (χ0v) is 18.6. The van der Waals surface area contributed by atoms with E-state index in [9.17, 15) is 9.90 Å². The highest BCUT2D eigenvalue weighted by atomic mass is 32.2. The number of aliphatic imine (C=N–C) groups is 1. The number of fused-ring (bicyclic) bond motifs is 2. The van der Waals surface area contributed by atoms with Crippen LogP contribution in [0, 0.1) is 0 Å². The minimum Gasteiger partial charge on any atom is -0.508 e. The van der Waals surface area contributed by atoms with Gasteiger partial charge in [0.25, 0.3) is 5.91 Å². The second-order valence-corrected chi connectivity index (χ2v) is 9.21. The normalized spacial score (nSPS) is 16.2. The number of benzene rings is 3. The van der Waals surface area contributed by atoms with E-state index in [0.717, 1.165) is 58.2 Å². The summed E-state index contributed by atoms with van der Waals surface area (Å²) in [6, 6.07) is 21.0. The molecule has 0 radical (unpaired) electrons. The van der Waals surface area contributed by atoms with Crippen molar-refractivity contribution >= 4 is 29.1 Å². The molecule has 0 aliphatic carbocycles. The Kier molecular flexibility index (Phi) is 5.97. The molecule has 5 nitrogen and oxygen atoms in total. The lowest BCUT2D eigenvalue weighted by Crippen LogP contribution is -2.42. The largest absolute Gasteiger partial charge is 0.508 e. The second kappa shape index (κ2) is 9.18. The number of nitrogens with one attached hydrogen (secondary N) is 1. The molecule has 1 fully saturated rings. The Morgan fingerprint density at radius 1 is 0.906 bits per heavy atom. The Hall–Kier alpha value is -3.09. The van der Waals surface area contributed by atoms with Crippen LogP contribution in [0.1, 0.15) is 47.2 Å². The Bertz CT molecular complexity index is 1170. The SMILES string of the molecule is O=C(NN1CCCCCC1)c1ccc2c(c1)N=C(c1ccc(O)cc1)c1ccccc1S2. The Labute approximate surface area is 192 Å². The highest BCUT2D eigenvalue weighted by Gasteiger charge is 2.20. The molecule has 2 aliphatic heterocycles. The molecule has 3 aromatic carbocycles. The first-order chi connectivity index (χ1) is 15.7. The summed E-state index contributed by atoms with van der Waals surface area (Å²) in [6.45, 7) is 1.79. The predicted octanol–water partition coefficient (Wildman–Crippen LogP) is 5.55. The maximum Gasteiger partial charge on any atom is 0.265 e. The van der Waals surface area contributed by atoms with Crippen molar-refractivity contribution in [2.45, 2.75) is 35.5 Å². The number of hydrazine groups is 1. The van der Waals surface area contributed by atoms with Gasteiger partial charge < -0.3 is 5.11 Å². The average molecular weight is 444 g/mol. The number of amides is 1. The number of phenols is 1. The van der Waals surface area contributed by atoms with E-state index < -0.39 is 0 Å². The first-order valence-corrected chi connectivity index (χ1v) is 11.8. The number of hydrogen-bond donors (Lipinski definition) is 2. The molecule has 1 amide bonds. The topological polar surface area (TPSA) is 64.9 Å². The summed E-state index contributed by atoms with van der Waals surface area (Å²) < 4.78 is 0. The van der Waals surface area contributed by atoms with Crippen LogP contribution in [0.25, 0.3) is 0 Å². The van der Waals surface area contributed by atoms with Gasteiger partial charge in [-0.2, -0.15) is 0 Å². The van der Waals surface area contributed by atoms with Crippen molar-refractivity contribution in [3.05, 3.63) is 83.4 Å². The molecule has 0 bridgehead atoms. The van der Waals surface area contributed by atoms with Crippen molar-refractivity contribution in [1.29, 1.82) is 0 Å². The van der Waals surface area contributed by atoms with Gasteiger partial charge in [-0.15, -0.1) is 0 Å². The van der Waals surface area contributed by atoms with Gasteiger partial charge in [-0.25, -0.2) is 10.0 Å². The Balaban J connectivity index is 1.51. The molecule has 2 N–H and O–H groups in total. The van der Waals surface area contributed by atoms with Crippen molar-refractivity contribution < 1.29 is 9.90 Å². The van der Waals surface area contributed by atoms with Crippen LogP contribution in [0.3, 0.4) is 0 Å². The molecule has 32 heavy (non-hydrogen) atoms. The van der Waals surface area contributed by atoms with Crippen molar-refractivity contribution in [1.82, 2.24) is 10.4 Å². The van der Waals surface area contributed by atoms with Gasteiger partial charge in [-0.3, -0.25) is 10.2 Å². The average Bonchev–Trinajstić information content (AvgIpc) is 3.16. The number of nitrogens with zero attached hydrogens (tertiary/aromatic N) is 2. The monoisotopic (exact) mass is 443 g/mol. The van der Waals surface area contributed by atoms with Gasteiger partial charge in [0.1, 0.15) is 5.75 Å². The molecule has 1 saturated heterocycles. The van der Waals surface area contributed by atoms with Gasteiger partial charge in [-0.1, -0.05) is 42.8 Å². The van der Waals surface area contributed by atoms with Crippen LogP contribution < -0.4 is 5.43 Å². The van der Waals surface area contributed by atoms with Gasteiger partial charge in [0, 0.05) is 39.6 Å². The van der Waals surface area contributed by atoms with Crippen LogP contribution >= 0.6 is 11.8 Å². The van der Waals surface area contributed by atoms with Crippen LogP contribution in [0.2, 0.25) is 0 Å². The van der Waals surface area contributed by atoms with Crippen LogP contribution in [-0.2, 0) is 0 Å². The number of rotatable bonds is 3. The highest BCUT2D eigenvalue weighted by Crippen LogP contribution is 2.41. The molecule has 2 heterocycles. The van der Waals surface area contributed by atoms with E-state index >= 15 is 0 Å². The molecule has 0 aromatic heterocycles. The number of aromatic hydroxyl groups is 1. The minimum atomic E-state index is -0.0946. The first-order valence-electron chi connectivity index (χ1n) is 11.0. The molecular formula is C26H25N3O2S. The predicted molar refractivity (Wildman–Crippen MR) is 128 cm³/mol. The molecule has 5 rings (SSSR count). The standard InChI is InChI=1S/C26H25N3O2S/c30-20-12-9-18(10-13-20)25-21-7-3-4-8-23(21)32-24-14-11-19(17-22(24)27-25)26(31)28-29-15-5-1-2-6-16-29/h3-4,7-14,17,30H,1-2,5-6,15-16H2,(H,28,31). The van der Waals surface area contributed by atoms with Crippen LogP contribution in [0.15, 0.2) is 81.5 Å². The summed E-state index contributed by atoms with van der Waals surface area (Å²) >= 11 is 1.66. The van der Waals surface area contributed by atoms with Crippen molar-refractivity contribution in [3.8, 4) is 5.75 Å². The second-order valence-electron chi connectivity index (χ2n) is 8.13. The minimum absolute atomic E-state index is 0.0946. The number of phenolic OH excluding ortho intramolecular Hbond substituents is 1. The van der Waals surface area contributed by atoms with E-state index in [0.29, 0.717) is 5.56 Å². The zero-order valence-electron chi connectivity index (χ0n) is 17.8. The molecule has 6 heteroatoms. The van der Waals surface area contributed by atoms with Crippen LogP contribution in [0.4, 0.5) is 5.69 Å². The molecule has 2 aliphatic rings. The van der Waals surface area contributed by atoms with Crippen molar-refractivity contribution in [2.24, 2.45) is 4.99 Å². The third kappa shape index (κ3) is 4.42.